The van der Waals surface area contributed by atoms with E-state index in [1.807, 2.05) is 30.3 Å². The molecule has 0 aromatic heterocycles. The predicted octanol–water partition coefficient (Wildman–Crippen LogP) is 5.54. The highest BCUT2D eigenvalue weighted by Gasteiger charge is 2.72. The highest BCUT2D eigenvalue weighted by Crippen LogP contribution is 2.63. The largest absolute Gasteiger partial charge is 0.454 e. The number of hydrogen-bond donors (Lipinski definition) is 0. The van der Waals surface area contributed by atoms with Gasteiger partial charge in [0, 0.05) is 19.9 Å². The van der Waals surface area contributed by atoms with Crippen molar-refractivity contribution in [3.8, 4) is 23.3 Å². The molecule has 10 nitrogen and oxygen atoms in total. The second-order valence-corrected chi connectivity index (χ2v) is 14.1. The number of nitriles is 1. The number of benzene rings is 3. The molecule has 4 atom stereocenters. The van der Waals surface area contributed by atoms with Crippen molar-refractivity contribution >= 4 is 45.8 Å². The molecule has 0 unspecified atom stereocenters. The Morgan fingerprint density at radius 3 is 2.31 bits per heavy atom. The van der Waals surface area contributed by atoms with Crippen molar-refractivity contribution in [3.63, 3.8) is 0 Å². The second kappa shape index (κ2) is 11.5. The number of thioether (sulfide) groups is 2. The van der Waals surface area contributed by atoms with Crippen molar-refractivity contribution in [2.45, 2.75) is 42.5 Å². The van der Waals surface area contributed by atoms with Gasteiger partial charge in [0.25, 0.3) is 11.8 Å². The van der Waals surface area contributed by atoms with Gasteiger partial charge in [-0.25, -0.2) is 4.79 Å². The first-order chi connectivity index (χ1) is 21.5. The first-order valence-electron chi connectivity index (χ1n) is 14.2. The highest BCUT2D eigenvalue weighted by atomic mass is 32.2. The third-order valence-electron chi connectivity index (χ3n) is 8.42. The molecule has 230 valence electrons. The van der Waals surface area contributed by atoms with Crippen LogP contribution in [0.1, 0.15) is 37.4 Å². The fraction of sp³-hybridized carbons (Fsp3) is 0.303. The van der Waals surface area contributed by atoms with E-state index in [0.29, 0.717) is 28.8 Å². The molecule has 0 N–H and O–H groups in total. The Morgan fingerprint density at radius 1 is 0.956 bits per heavy atom. The van der Waals surface area contributed by atoms with Crippen molar-refractivity contribution in [1.82, 2.24) is 9.80 Å². The monoisotopic (exact) mass is 643 g/mol. The van der Waals surface area contributed by atoms with Crippen molar-refractivity contribution in [3.05, 3.63) is 90.0 Å². The molecule has 2 fully saturated rings. The molecule has 0 aliphatic carbocycles. The zero-order chi connectivity index (χ0) is 32.0. The van der Waals surface area contributed by atoms with E-state index >= 15 is 0 Å². The lowest BCUT2D eigenvalue weighted by Crippen LogP contribution is -2.71. The zero-order valence-electron chi connectivity index (χ0n) is 24.7. The van der Waals surface area contributed by atoms with E-state index in [2.05, 4.69) is 6.07 Å². The number of piperazine rings is 1. The number of fused-ring (bicyclic) bond motifs is 2. The topological polar surface area (TPSA) is 126 Å². The lowest BCUT2D eigenvalue weighted by atomic mass is 9.79. The van der Waals surface area contributed by atoms with E-state index in [9.17, 15) is 24.4 Å². The molecule has 45 heavy (non-hydrogen) atoms. The molecule has 0 spiro atoms. The number of carbonyl (C=O) groups excluding carboxylic acids is 4. The van der Waals surface area contributed by atoms with Crippen LogP contribution in [0.5, 0.6) is 17.2 Å². The van der Waals surface area contributed by atoms with Gasteiger partial charge in [-0.3, -0.25) is 14.4 Å². The van der Waals surface area contributed by atoms with Gasteiger partial charge in [0.2, 0.25) is 6.79 Å². The predicted molar refractivity (Wildman–Crippen MR) is 167 cm³/mol. The van der Waals surface area contributed by atoms with Crippen molar-refractivity contribution in [1.29, 1.82) is 5.26 Å². The van der Waals surface area contributed by atoms with Crippen LogP contribution in [0, 0.1) is 16.7 Å². The Labute approximate surface area is 268 Å². The molecule has 0 bridgehead atoms. The van der Waals surface area contributed by atoms with Crippen molar-refractivity contribution < 1.29 is 33.4 Å². The van der Waals surface area contributed by atoms with E-state index in [1.54, 1.807) is 55.5 Å². The highest BCUT2D eigenvalue weighted by molar-refractivity contribution is 8.16. The Morgan fingerprint density at radius 2 is 1.62 bits per heavy atom. The molecule has 3 aromatic carbocycles. The summed E-state index contributed by atoms with van der Waals surface area (Å²) in [7, 11) is 1.45. The lowest BCUT2D eigenvalue weighted by Gasteiger charge is -2.52. The maximum absolute atomic E-state index is 14.9. The van der Waals surface area contributed by atoms with Gasteiger partial charge in [0.05, 0.1) is 17.5 Å². The van der Waals surface area contributed by atoms with Crippen LogP contribution in [0.4, 0.5) is 4.79 Å². The van der Waals surface area contributed by atoms with E-state index in [0.717, 1.165) is 17.3 Å². The van der Waals surface area contributed by atoms with Crippen LogP contribution in [0.3, 0.4) is 0 Å². The number of likely N-dealkylation sites (N-methyl/N-ethyl adjacent to an activating group) is 1. The summed E-state index contributed by atoms with van der Waals surface area (Å²) in [6.45, 7) is 3.21. The van der Waals surface area contributed by atoms with E-state index in [1.165, 1.54) is 23.8 Å². The Kier molecular flexibility index (Phi) is 7.79. The summed E-state index contributed by atoms with van der Waals surface area (Å²) in [5.74, 6) is 0.0304. The normalized spacial score (nSPS) is 26.8. The van der Waals surface area contributed by atoms with E-state index < -0.39 is 38.3 Å². The molecule has 3 aromatic rings. The molecule has 12 heteroatoms. The van der Waals surface area contributed by atoms with Gasteiger partial charge in [0.1, 0.15) is 5.75 Å². The summed E-state index contributed by atoms with van der Waals surface area (Å²) in [6, 6.07) is 23.9. The van der Waals surface area contributed by atoms with Crippen LogP contribution in [0.2, 0.25) is 0 Å². The Hall–Kier alpha value is -4.47. The minimum absolute atomic E-state index is 0.0221. The minimum Gasteiger partial charge on any atom is -0.454 e. The van der Waals surface area contributed by atoms with Crippen LogP contribution in [0.15, 0.2) is 78.9 Å². The Balaban J connectivity index is 1.44. The zero-order valence-corrected chi connectivity index (χ0v) is 26.4. The van der Waals surface area contributed by atoms with Gasteiger partial charge in [-0.2, -0.15) is 5.26 Å². The summed E-state index contributed by atoms with van der Waals surface area (Å²) < 4.78 is 16.6. The smallest absolute Gasteiger partial charge is 0.375 e. The molecule has 0 saturated carbocycles. The first kappa shape index (κ1) is 30.6. The van der Waals surface area contributed by atoms with E-state index in [-0.39, 0.29) is 30.5 Å². The molecule has 2 saturated heterocycles. The minimum atomic E-state index is -1.84. The quantitative estimate of drug-likeness (QED) is 0.316. The molecule has 3 heterocycles. The fourth-order valence-corrected chi connectivity index (χ4v) is 8.55. The van der Waals surface area contributed by atoms with Crippen LogP contribution in [0.25, 0.3) is 0 Å². The maximum atomic E-state index is 14.9. The SMILES string of the molecule is CN1C(=O)[C@@]2(SC(=O)Oc3ccccc3)C[C@](C)(C#N)[C@H](c3ccc4c(c3)OCO4)N2C(=O)[C@]1(C)SC(=O)Cc1ccccc1. The maximum Gasteiger partial charge on any atom is 0.375 e. The molecule has 3 aliphatic heterocycles. The third-order valence-corrected chi connectivity index (χ3v) is 10.7. The van der Waals surface area contributed by atoms with E-state index in [4.69, 9.17) is 14.2 Å². The molecule has 3 aliphatic rings. The van der Waals surface area contributed by atoms with Crippen molar-refractivity contribution in [2.75, 3.05) is 13.8 Å². The van der Waals surface area contributed by atoms with Gasteiger partial charge in [-0.1, -0.05) is 54.6 Å². The summed E-state index contributed by atoms with van der Waals surface area (Å²) in [5, 5.41) is 9.47. The molecule has 0 radical (unpaired) electrons. The van der Waals surface area contributed by atoms with Gasteiger partial charge in [0.15, 0.2) is 26.4 Å². The van der Waals surface area contributed by atoms with Crippen LogP contribution in [-0.2, 0) is 20.8 Å². The standard InChI is InChI=1S/C33H29N3O7S2/c1-31(19-34)18-33(45-30(40)43-23-12-8-5-9-13-23)29(39)35(3)32(2,44-26(37)16-21-10-6-4-7-11-21)28(38)36(33)27(31)22-14-15-24-25(17-22)42-20-41-24/h4-15,17,27H,16,18,20H2,1-3H3/t27-,31+,32-,33-/m0/s1. The number of nitrogens with zero attached hydrogens (tertiary/aromatic N) is 3. The summed E-state index contributed by atoms with van der Waals surface area (Å²) in [4.78, 5) is 55.4. The summed E-state index contributed by atoms with van der Waals surface area (Å²) >= 11 is 1.32. The number of para-hydroxylation sites is 1. The number of rotatable bonds is 6. The van der Waals surface area contributed by atoms with Gasteiger partial charge < -0.3 is 24.0 Å². The molecular formula is C33H29N3O7S2. The lowest BCUT2D eigenvalue weighted by molar-refractivity contribution is -0.163. The summed E-state index contributed by atoms with van der Waals surface area (Å²) in [6.07, 6.45) is -0.126. The fourth-order valence-electron chi connectivity index (χ4n) is 6.16. The van der Waals surface area contributed by atoms with Crippen LogP contribution < -0.4 is 14.2 Å². The average Bonchev–Trinajstić information content (AvgIpc) is 3.60. The van der Waals surface area contributed by atoms with Gasteiger partial charge >= 0.3 is 5.30 Å². The van der Waals surface area contributed by atoms with Crippen molar-refractivity contribution in [2.24, 2.45) is 5.41 Å². The summed E-state index contributed by atoms with van der Waals surface area (Å²) in [5.41, 5.74) is -0.0409. The number of ether oxygens (including phenoxy) is 3. The number of carbonyl (C=O) groups is 4. The van der Waals surface area contributed by atoms with Crippen LogP contribution >= 0.6 is 23.5 Å². The second-order valence-electron chi connectivity index (χ2n) is 11.4. The number of amides is 2. The number of hydrogen-bond acceptors (Lipinski definition) is 10. The Bertz CT molecular complexity index is 1730. The molecule has 6 rings (SSSR count). The van der Waals surface area contributed by atoms with Gasteiger partial charge in [-0.05, 0) is 72.8 Å². The van der Waals surface area contributed by atoms with Crippen LogP contribution in [-0.4, -0.2) is 55.6 Å². The molecule has 2 amide bonds. The molecular weight excluding hydrogens is 615 g/mol. The third kappa shape index (κ3) is 5.19. The van der Waals surface area contributed by atoms with Gasteiger partial charge in [-0.15, -0.1) is 0 Å². The first-order valence-corrected chi connectivity index (χ1v) is 15.8. The average molecular weight is 644 g/mol.